The molecular weight excluding hydrogens is 420 g/mol. The molecule has 4 heterocycles. The van der Waals surface area contributed by atoms with Crippen LogP contribution in [-0.4, -0.2) is 57.5 Å². The molecule has 2 saturated heterocycles. The maximum Gasteiger partial charge on any atom is 0.276 e. The Morgan fingerprint density at radius 3 is 2.65 bits per heavy atom. The monoisotopic (exact) mass is 442 g/mol. The van der Waals surface area contributed by atoms with Crippen LogP contribution in [-0.2, 0) is 15.9 Å². The summed E-state index contributed by atoms with van der Waals surface area (Å²) in [6.45, 7) is 4.04. The summed E-state index contributed by atoms with van der Waals surface area (Å²) in [4.78, 5) is 32.7. The Morgan fingerprint density at radius 1 is 1.23 bits per heavy atom. The van der Waals surface area contributed by atoms with Crippen molar-refractivity contribution < 1.29 is 14.3 Å². The van der Waals surface area contributed by atoms with E-state index in [1.807, 2.05) is 18.2 Å². The largest absolute Gasteiger partial charge is 0.347 e. The van der Waals surface area contributed by atoms with E-state index in [4.69, 9.17) is 21.1 Å². The van der Waals surface area contributed by atoms with Gasteiger partial charge in [0, 0.05) is 54.8 Å². The summed E-state index contributed by atoms with van der Waals surface area (Å²) in [5.74, 6) is -0.701. The fourth-order valence-corrected chi connectivity index (χ4v) is 4.56. The van der Waals surface area contributed by atoms with Crippen molar-refractivity contribution in [1.82, 2.24) is 19.5 Å². The maximum absolute atomic E-state index is 13.2. The molecule has 0 saturated carbocycles. The average Bonchev–Trinajstić information content (AvgIpc) is 3.40. The van der Waals surface area contributed by atoms with Crippen LogP contribution in [0.5, 0.6) is 0 Å². The first kappa shape index (κ1) is 20.2. The van der Waals surface area contributed by atoms with Gasteiger partial charge in [0.2, 0.25) is 0 Å². The van der Waals surface area contributed by atoms with Crippen LogP contribution < -0.4 is 5.56 Å². The van der Waals surface area contributed by atoms with Gasteiger partial charge in [-0.1, -0.05) is 29.8 Å². The zero-order chi connectivity index (χ0) is 21.6. The number of rotatable bonds is 3. The lowest BCUT2D eigenvalue weighted by Gasteiger charge is -2.37. The molecular formula is C22H23ClN4O4. The van der Waals surface area contributed by atoms with Crippen molar-refractivity contribution in [2.45, 2.75) is 32.0 Å². The van der Waals surface area contributed by atoms with E-state index in [9.17, 15) is 9.59 Å². The number of piperidine rings is 1. The van der Waals surface area contributed by atoms with Gasteiger partial charge in [-0.05, 0) is 18.6 Å². The summed E-state index contributed by atoms with van der Waals surface area (Å²) in [7, 11) is 0. The Labute approximate surface area is 183 Å². The number of halogens is 1. The summed E-state index contributed by atoms with van der Waals surface area (Å²) in [6, 6.07) is 7.42. The van der Waals surface area contributed by atoms with Crippen LogP contribution in [0.4, 0.5) is 0 Å². The number of amides is 1. The molecule has 0 unspecified atom stereocenters. The van der Waals surface area contributed by atoms with Crippen LogP contribution in [0.3, 0.4) is 0 Å². The van der Waals surface area contributed by atoms with E-state index in [1.165, 1.54) is 4.52 Å². The summed E-state index contributed by atoms with van der Waals surface area (Å²) in [6.07, 6.45) is 3.19. The van der Waals surface area contributed by atoms with Gasteiger partial charge in [-0.2, -0.15) is 0 Å². The zero-order valence-corrected chi connectivity index (χ0v) is 17.9. The van der Waals surface area contributed by atoms with Gasteiger partial charge in [0.1, 0.15) is 5.56 Å². The maximum atomic E-state index is 13.2. The van der Waals surface area contributed by atoms with Crippen molar-refractivity contribution >= 4 is 23.2 Å². The van der Waals surface area contributed by atoms with E-state index < -0.39 is 5.79 Å². The van der Waals surface area contributed by atoms with Gasteiger partial charge < -0.3 is 14.4 Å². The molecule has 2 aliphatic rings. The molecule has 0 bridgehead atoms. The highest BCUT2D eigenvalue weighted by molar-refractivity contribution is 6.31. The normalized spacial score (nSPS) is 18.2. The van der Waals surface area contributed by atoms with Gasteiger partial charge in [-0.15, -0.1) is 0 Å². The molecule has 8 nitrogen and oxygen atoms in total. The van der Waals surface area contributed by atoms with E-state index in [0.717, 1.165) is 5.56 Å². The lowest BCUT2D eigenvalue weighted by Crippen LogP contribution is -2.47. The molecule has 0 aliphatic carbocycles. The lowest BCUT2D eigenvalue weighted by atomic mass is 10.0. The number of ether oxygens (including phenoxy) is 2. The molecule has 1 N–H and O–H groups in total. The SMILES string of the molecule is Cc1nc2c(C(=O)N3CCC4(CC3)OCCO4)c[nH]n2c(=O)c1Cc1ccccc1Cl. The number of aryl methyl sites for hydroxylation is 1. The minimum absolute atomic E-state index is 0.156. The highest BCUT2D eigenvalue weighted by Gasteiger charge is 2.41. The topological polar surface area (TPSA) is 88.9 Å². The van der Waals surface area contributed by atoms with Gasteiger partial charge >= 0.3 is 0 Å². The van der Waals surface area contributed by atoms with Crippen molar-refractivity contribution in [3.63, 3.8) is 0 Å². The van der Waals surface area contributed by atoms with Crippen molar-refractivity contribution in [2.24, 2.45) is 0 Å². The molecule has 1 amide bonds. The molecule has 162 valence electrons. The number of carbonyl (C=O) groups excluding carboxylic acids is 1. The fourth-order valence-electron chi connectivity index (χ4n) is 4.36. The Hall–Kier alpha value is -2.68. The first-order valence-electron chi connectivity index (χ1n) is 10.4. The molecule has 0 atom stereocenters. The number of hydrogen-bond donors (Lipinski definition) is 1. The third-order valence-electron chi connectivity index (χ3n) is 6.14. The molecule has 31 heavy (non-hydrogen) atoms. The Kier molecular flexibility index (Phi) is 5.08. The second-order valence-corrected chi connectivity index (χ2v) is 8.40. The van der Waals surface area contributed by atoms with Gasteiger partial charge in [0.05, 0.1) is 13.2 Å². The van der Waals surface area contributed by atoms with Crippen LogP contribution in [0.15, 0.2) is 35.3 Å². The first-order valence-corrected chi connectivity index (χ1v) is 10.8. The number of carbonyl (C=O) groups is 1. The van der Waals surface area contributed by atoms with Crippen LogP contribution in [0, 0.1) is 6.92 Å². The predicted octanol–water partition coefficient (Wildman–Crippen LogP) is 2.55. The number of likely N-dealkylation sites (tertiary alicyclic amines) is 1. The number of aromatic amines is 1. The number of fused-ring (bicyclic) bond motifs is 1. The Balaban J connectivity index is 1.43. The van der Waals surface area contributed by atoms with Crippen LogP contribution in [0.2, 0.25) is 5.02 Å². The molecule has 0 radical (unpaired) electrons. The van der Waals surface area contributed by atoms with Crippen LogP contribution >= 0.6 is 11.6 Å². The van der Waals surface area contributed by atoms with Gasteiger partial charge in [0.25, 0.3) is 11.5 Å². The summed E-state index contributed by atoms with van der Waals surface area (Å²) < 4.78 is 12.8. The molecule has 5 rings (SSSR count). The number of H-pyrrole nitrogens is 1. The number of nitrogens with zero attached hydrogens (tertiary/aromatic N) is 3. The van der Waals surface area contributed by atoms with E-state index in [0.29, 0.717) is 73.1 Å². The van der Waals surface area contributed by atoms with Crippen LogP contribution in [0.1, 0.15) is 40.0 Å². The van der Waals surface area contributed by atoms with Crippen LogP contribution in [0.25, 0.3) is 5.65 Å². The highest BCUT2D eigenvalue weighted by Crippen LogP contribution is 2.32. The molecule has 1 spiro atoms. The summed E-state index contributed by atoms with van der Waals surface area (Å²) in [5, 5.41) is 3.51. The zero-order valence-electron chi connectivity index (χ0n) is 17.2. The molecule has 2 aromatic heterocycles. The van der Waals surface area contributed by atoms with E-state index in [1.54, 1.807) is 24.1 Å². The highest BCUT2D eigenvalue weighted by atomic mass is 35.5. The average molecular weight is 443 g/mol. The molecule has 2 fully saturated rings. The van der Waals surface area contributed by atoms with Crippen molar-refractivity contribution in [3.8, 4) is 0 Å². The fraction of sp³-hybridized carbons (Fsp3) is 0.409. The Morgan fingerprint density at radius 2 is 1.94 bits per heavy atom. The molecule has 9 heteroatoms. The second kappa shape index (κ2) is 7.78. The lowest BCUT2D eigenvalue weighted by molar-refractivity contribution is -0.181. The van der Waals surface area contributed by atoms with Gasteiger partial charge in [0.15, 0.2) is 11.4 Å². The third-order valence-corrected chi connectivity index (χ3v) is 6.51. The minimum atomic E-state index is -0.545. The van der Waals surface area contributed by atoms with Crippen molar-refractivity contribution in [3.05, 3.63) is 68.2 Å². The van der Waals surface area contributed by atoms with Crippen molar-refractivity contribution in [2.75, 3.05) is 26.3 Å². The summed E-state index contributed by atoms with van der Waals surface area (Å²) in [5.41, 5.74) is 2.47. The molecule has 3 aromatic rings. The van der Waals surface area contributed by atoms with E-state index in [2.05, 4.69) is 10.1 Å². The third kappa shape index (κ3) is 3.54. The smallest absolute Gasteiger partial charge is 0.276 e. The van der Waals surface area contributed by atoms with Gasteiger partial charge in [-0.3, -0.25) is 14.7 Å². The number of aromatic nitrogens is 3. The van der Waals surface area contributed by atoms with E-state index in [-0.39, 0.29) is 11.5 Å². The Bertz CT molecular complexity index is 1200. The quantitative estimate of drug-likeness (QED) is 0.673. The number of hydrogen-bond acceptors (Lipinski definition) is 5. The molecule has 1 aromatic carbocycles. The predicted molar refractivity (Wildman–Crippen MR) is 115 cm³/mol. The van der Waals surface area contributed by atoms with E-state index >= 15 is 0 Å². The summed E-state index contributed by atoms with van der Waals surface area (Å²) >= 11 is 6.27. The second-order valence-electron chi connectivity index (χ2n) is 8.00. The van der Waals surface area contributed by atoms with Gasteiger partial charge in [-0.25, -0.2) is 9.50 Å². The standard InChI is InChI=1S/C22H23ClN4O4/c1-14-16(12-15-4-2-3-5-18(15)23)21(29)27-19(25-14)17(13-24-27)20(28)26-8-6-22(7-9-26)30-10-11-31-22/h2-5,13,24H,6-12H2,1H3. The van der Waals surface area contributed by atoms with Crippen molar-refractivity contribution in [1.29, 1.82) is 0 Å². The first-order chi connectivity index (χ1) is 15.0. The number of nitrogens with one attached hydrogen (secondary N) is 1. The minimum Gasteiger partial charge on any atom is -0.347 e. The molecule has 2 aliphatic heterocycles. The number of benzene rings is 1.